The van der Waals surface area contributed by atoms with Gasteiger partial charge in [0, 0.05) is 0 Å². The molecule has 2 N–H and O–H groups in total. The van der Waals surface area contributed by atoms with E-state index >= 15 is 0 Å². The first-order valence-corrected chi connectivity index (χ1v) is 5.09. The molecule has 0 fully saturated rings. The van der Waals surface area contributed by atoms with E-state index < -0.39 is 12.5 Å². The molecule has 0 aliphatic rings. The van der Waals surface area contributed by atoms with Crippen molar-refractivity contribution in [2.45, 2.75) is 25.4 Å². The predicted octanol–water partition coefficient (Wildman–Crippen LogP) is 2.81. The van der Waals surface area contributed by atoms with Crippen LogP contribution in [0.25, 0.3) is 0 Å². The molecule has 0 aliphatic heterocycles. The van der Waals surface area contributed by atoms with E-state index in [1.54, 1.807) is 6.07 Å². The summed E-state index contributed by atoms with van der Waals surface area (Å²) < 4.78 is 53.0. The van der Waals surface area contributed by atoms with Crippen LogP contribution >= 0.6 is 0 Å². The van der Waals surface area contributed by atoms with E-state index in [0.29, 0.717) is 19.4 Å². The zero-order valence-electron chi connectivity index (χ0n) is 9.01. The van der Waals surface area contributed by atoms with Gasteiger partial charge in [-0.15, -0.1) is 0 Å². The smallest absolute Gasteiger partial charge is 0.428 e. The summed E-state index contributed by atoms with van der Waals surface area (Å²) >= 11 is 0. The van der Waals surface area contributed by atoms with Gasteiger partial charge in [0.15, 0.2) is 0 Å². The molecule has 0 aromatic heterocycles. The van der Waals surface area contributed by atoms with E-state index in [4.69, 9.17) is 5.73 Å². The second kappa shape index (κ2) is 5.86. The van der Waals surface area contributed by atoms with Gasteiger partial charge in [0.1, 0.15) is 5.75 Å². The molecule has 0 amide bonds. The molecule has 0 saturated carbocycles. The average molecular weight is 251 g/mol. The van der Waals surface area contributed by atoms with Crippen LogP contribution in [0.15, 0.2) is 24.3 Å². The summed E-state index contributed by atoms with van der Waals surface area (Å²) in [7, 11) is 0. The van der Waals surface area contributed by atoms with Crippen LogP contribution in [0.3, 0.4) is 0 Å². The summed E-state index contributed by atoms with van der Waals surface area (Å²) in [5, 5.41) is 0. The van der Waals surface area contributed by atoms with Gasteiger partial charge < -0.3 is 10.5 Å². The summed E-state index contributed by atoms with van der Waals surface area (Å²) in [6.07, 6.45) is -7.04. The van der Waals surface area contributed by atoms with Gasteiger partial charge in [-0.1, -0.05) is 12.1 Å². The highest BCUT2D eigenvalue weighted by Gasteiger charge is 2.43. The number of aryl methyl sites for hydroxylation is 1. The van der Waals surface area contributed by atoms with Crippen molar-refractivity contribution >= 4 is 0 Å². The molecule has 6 heteroatoms. The molecule has 17 heavy (non-hydrogen) atoms. The molecule has 0 atom stereocenters. The molecule has 0 bridgehead atoms. The third-order valence-corrected chi connectivity index (χ3v) is 2.08. The number of hydrogen-bond acceptors (Lipinski definition) is 2. The summed E-state index contributed by atoms with van der Waals surface area (Å²) in [6, 6.07) is 5.69. The summed E-state index contributed by atoms with van der Waals surface area (Å²) in [5.74, 6) is -0.273. The van der Waals surface area contributed by atoms with E-state index in [1.807, 2.05) is 0 Å². The quantitative estimate of drug-likeness (QED) is 0.789. The van der Waals surface area contributed by atoms with Crippen molar-refractivity contribution in [1.29, 1.82) is 0 Å². The largest absolute Gasteiger partial charge is 0.461 e. The van der Waals surface area contributed by atoms with Gasteiger partial charge in [0.05, 0.1) is 0 Å². The molecule has 0 unspecified atom stereocenters. The van der Waals surface area contributed by atoms with Crippen molar-refractivity contribution in [1.82, 2.24) is 0 Å². The van der Waals surface area contributed by atoms with Crippen LogP contribution in [-0.4, -0.2) is 19.1 Å². The zero-order chi connectivity index (χ0) is 12.9. The summed E-state index contributed by atoms with van der Waals surface area (Å²) in [6.45, 7) is 0.471. The number of ether oxygens (including phenoxy) is 1. The highest BCUT2D eigenvalue weighted by Crippen LogP contribution is 2.27. The monoisotopic (exact) mass is 251 g/mol. The van der Waals surface area contributed by atoms with E-state index in [2.05, 4.69) is 4.74 Å². The highest BCUT2D eigenvalue weighted by atomic mass is 19.3. The van der Waals surface area contributed by atoms with E-state index in [9.17, 15) is 17.6 Å². The van der Waals surface area contributed by atoms with Gasteiger partial charge in [-0.05, 0) is 37.1 Å². The van der Waals surface area contributed by atoms with Crippen LogP contribution < -0.4 is 10.5 Å². The molecule has 0 heterocycles. The van der Waals surface area contributed by atoms with E-state index in [1.165, 1.54) is 18.2 Å². The standard InChI is InChI=1S/C11H13F4NO/c12-10(13)11(14,15)17-9-5-1-3-8(7-9)4-2-6-16/h1,3,5,7,10H,2,4,6,16H2. The Hall–Kier alpha value is -1.30. The van der Waals surface area contributed by atoms with Gasteiger partial charge in [-0.25, -0.2) is 0 Å². The lowest BCUT2D eigenvalue weighted by Gasteiger charge is -2.17. The zero-order valence-corrected chi connectivity index (χ0v) is 9.01. The molecule has 96 valence electrons. The highest BCUT2D eigenvalue weighted by molar-refractivity contribution is 5.28. The third kappa shape index (κ3) is 4.22. The van der Waals surface area contributed by atoms with E-state index in [0.717, 1.165) is 5.56 Å². The topological polar surface area (TPSA) is 35.2 Å². The number of rotatable bonds is 6. The minimum absolute atomic E-state index is 0.273. The SMILES string of the molecule is NCCCc1cccc(OC(F)(F)C(F)F)c1. The fourth-order valence-electron chi connectivity index (χ4n) is 1.27. The van der Waals surface area contributed by atoms with Gasteiger partial charge in [0.25, 0.3) is 0 Å². The Balaban J connectivity index is 2.71. The molecule has 0 aliphatic carbocycles. The lowest BCUT2D eigenvalue weighted by molar-refractivity contribution is -0.253. The van der Waals surface area contributed by atoms with Crippen LogP contribution in [0.1, 0.15) is 12.0 Å². The fraction of sp³-hybridized carbons (Fsp3) is 0.455. The van der Waals surface area contributed by atoms with E-state index in [-0.39, 0.29) is 5.75 Å². The van der Waals surface area contributed by atoms with Gasteiger partial charge in [0.2, 0.25) is 0 Å². The van der Waals surface area contributed by atoms with Crippen LogP contribution in [0, 0.1) is 0 Å². The Morgan fingerprint density at radius 2 is 2.00 bits per heavy atom. The second-order valence-corrected chi connectivity index (χ2v) is 3.50. The van der Waals surface area contributed by atoms with Crippen LogP contribution in [-0.2, 0) is 6.42 Å². The first-order chi connectivity index (χ1) is 7.95. The number of benzene rings is 1. The second-order valence-electron chi connectivity index (χ2n) is 3.50. The maximum atomic E-state index is 12.6. The Morgan fingerprint density at radius 3 is 2.59 bits per heavy atom. The molecule has 0 radical (unpaired) electrons. The first-order valence-electron chi connectivity index (χ1n) is 5.09. The normalized spacial score (nSPS) is 11.9. The Labute approximate surface area is 96.4 Å². The van der Waals surface area contributed by atoms with Gasteiger partial charge in [-0.2, -0.15) is 17.6 Å². The van der Waals surface area contributed by atoms with Crippen molar-refractivity contribution in [3.8, 4) is 5.75 Å². The Kier molecular flexibility index (Phi) is 4.74. The number of hydrogen-bond donors (Lipinski definition) is 1. The summed E-state index contributed by atoms with van der Waals surface area (Å²) in [5.41, 5.74) is 6.03. The summed E-state index contributed by atoms with van der Waals surface area (Å²) in [4.78, 5) is 0. The maximum absolute atomic E-state index is 12.6. The van der Waals surface area contributed by atoms with Crippen molar-refractivity contribution in [2.24, 2.45) is 5.73 Å². The van der Waals surface area contributed by atoms with Crippen molar-refractivity contribution in [2.75, 3.05) is 6.54 Å². The molecule has 1 rings (SSSR count). The molecule has 0 spiro atoms. The predicted molar refractivity (Wildman–Crippen MR) is 55.4 cm³/mol. The van der Waals surface area contributed by atoms with Gasteiger partial charge >= 0.3 is 12.5 Å². The van der Waals surface area contributed by atoms with Gasteiger partial charge in [-0.3, -0.25) is 0 Å². The molecule has 0 saturated heterocycles. The molecule has 1 aromatic rings. The number of nitrogens with two attached hydrogens (primary N) is 1. The maximum Gasteiger partial charge on any atom is 0.461 e. The van der Waals surface area contributed by atoms with Crippen LogP contribution in [0.5, 0.6) is 5.75 Å². The van der Waals surface area contributed by atoms with Crippen LogP contribution in [0.4, 0.5) is 17.6 Å². The Bertz CT molecular complexity index is 357. The fourth-order valence-corrected chi connectivity index (χ4v) is 1.27. The third-order valence-electron chi connectivity index (χ3n) is 2.08. The minimum atomic E-state index is -4.47. The number of alkyl halides is 4. The minimum Gasteiger partial charge on any atom is -0.428 e. The lowest BCUT2D eigenvalue weighted by atomic mass is 10.1. The Morgan fingerprint density at radius 1 is 1.29 bits per heavy atom. The lowest BCUT2D eigenvalue weighted by Crippen LogP contribution is -2.33. The first kappa shape index (κ1) is 13.8. The molecular weight excluding hydrogens is 238 g/mol. The molecular formula is C11H13F4NO. The van der Waals surface area contributed by atoms with Crippen molar-refractivity contribution < 1.29 is 22.3 Å². The van der Waals surface area contributed by atoms with Crippen molar-refractivity contribution in [3.63, 3.8) is 0 Å². The average Bonchev–Trinajstić information content (AvgIpc) is 2.26. The van der Waals surface area contributed by atoms with Crippen molar-refractivity contribution in [3.05, 3.63) is 29.8 Å². The van der Waals surface area contributed by atoms with Crippen LogP contribution in [0.2, 0.25) is 0 Å². The molecule has 2 nitrogen and oxygen atoms in total. The molecule has 1 aromatic carbocycles. The number of halogens is 4.